The molecule has 0 aliphatic carbocycles. The molecule has 0 aliphatic heterocycles. The molecule has 0 aliphatic rings. The third-order valence-corrected chi connectivity index (χ3v) is 4.78. The number of hydrogen-bond acceptors (Lipinski definition) is 2. The Morgan fingerprint density at radius 3 is 2.62 bits per heavy atom. The van der Waals surface area contributed by atoms with Crippen molar-refractivity contribution in [1.82, 2.24) is 10.6 Å². The van der Waals surface area contributed by atoms with Gasteiger partial charge in [-0.1, -0.05) is 54.6 Å². The second kappa shape index (κ2) is 9.06. The van der Waals surface area contributed by atoms with Crippen molar-refractivity contribution in [3.05, 3.63) is 90.0 Å². The van der Waals surface area contributed by atoms with Crippen molar-refractivity contribution in [2.75, 3.05) is 11.9 Å². The summed E-state index contributed by atoms with van der Waals surface area (Å²) in [6.07, 6.45) is 1.60. The van der Waals surface area contributed by atoms with E-state index in [4.69, 9.17) is 0 Å². The molecule has 5 heteroatoms. The van der Waals surface area contributed by atoms with Crippen LogP contribution >= 0.6 is 0 Å². The van der Waals surface area contributed by atoms with Crippen molar-refractivity contribution < 1.29 is 9.59 Å². The molecule has 29 heavy (non-hydrogen) atoms. The number of hydrogen-bond donors (Lipinski definition) is 3. The lowest BCUT2D eigenvalue weighted by Gasteiger charge is -2.18. The Hall–Kier alpha value is -3.60. The summed E-state index contributed by atoms with van der Waals surface area (Å²) in [5, 5.41) is 10.7. The van der Waals surface area contributed by atoms with Gasteiger partial charge in [0.2, 0.25) is 0 Å². The topological polar surface area (TPSA) is 70.2 Å². The number of carbonyl (C=O) groups is 2. The van der Waals surface area contributed by atoms with Crippen molar-refractivity contribution >= 4 is 28.4 Å². The van der Waals surface area contributed by atoms with Gasteiger partial charge in [0.25, 0.3) is 5.91 Å². The normalized spacial score (nSPS) is 11.5. The molecule has 0 fully saturated rings. The number of urea groups is 1. The van der Waals surface area contributed by atoms with Crippen LogP contribution in [0.2, 0.25) is 0 Å². The molecule has 1 atom stereocenters. The Morgan fingerprint density at radius 2 is 1.83 bits per heavy atom. The molecule has 0 saturated heterocycles. The summed E-state index contributed by atoms with van der Waals surface area (Å²) in [7, 11) is 0. The molecule has 0 spiro atoms. The zero-order valence-corrected chi connectivity index (χ0v) is 16.7. The Balaban J connectivity index is 1.78. The molecule has 3 amide bonds. The van der Waals surface area contributed by atoms with E-state index in [1.165, 1.54) is 0 Å². The van der Waals surface area contributed by atoms with E-state index in [2.05, 4.69) is 40.7 Å². The first kappa shape index (κ1) is 20.1. The molecule has 5 nitrogen and oxygen atoms in total. The Bertz CT molecular complexity index is 1050. The average Bonchev–Trinajstić information content (AvgIpc) is 2.73. The summed E-state index contributed by atoms with van der Waals surface area (Å²) in [4.78, 5) is 24.8. The average molecular weight is 387 g/mol. The van der Waals surface area contributed by atoms with Gasteiger partial charge in [0.1, 0.15) is 0 Å². The predicted octanol–water partition coefficient (Wildman–Crippen LogP) is 4.95. The van der Waals surface area contributed by atoms with E-state index in [0.717, 1.165) is 21.9 Å². The van der Waals surface area contributed by atoms with Crippen LogP contribution in [0.4, 0.5) is 10.5 Å². The van der Waals surface area contributed by atoms with E-state index in [9.17, 15) is 9.59 Å². The van der Waals surface area contributed by atoms with Gasteiger partial charge in [-0.15, -0.1) is 6.58 Å². The van der Waals surface area contributed by atoms with E-state index in [1.807, 2.05) is 44.2 Å². The van der Waals surface area contributed by atoms with Gasteiger partial charge in [0, 0.05) is 17.8 Å². The third-order valence-electron chi connectivity index (χ3n) is 4.78. The van der Waals surface area contributed by atoms with Crippen molar-refractivity contribution in [1.29, 1.82) is 0 Å². The minimum Gasteiger partial charge on any atom is -0.345 e. The number of fused-ring (bicyclic) bond motifs is 1. The van der Waals surface area contributed by atoms with Crippen LogP contribution in [0.3, 0.4) is 0 Å². The van der Waals surface area contributed by atoms with Gasteiger partial charge in [-0.3, -0.25) is 4.79 Å². The van der Waals surface area contributed by atoms with Crippen LogP contribution in [-0.2, 0) is 0 Å². The molecule has 0 heterocycles. The highest BCUT2D eigenvalue weighted by Crippen LogP contribution is 2.25. The van der Waals surface area contributed by atoms with Crippen LogP contribution in [0.5, 0.6) is 0 Å². The third kappa shape index (κ3) is 4.82. The van der Waals surface area contributed by atoms with Gasteiger partial charge in [-0.2, -0.15) is 0 Å². The maximum atomic E-state index is 12.9. The first-order chi connectivity index (χ1) is 14.0. The second-order valence-corrected chi connectivity index (χ2v) is 6.92. The second-order valence-electron chi connectivity index (χ2n) is 6.92. The first-order valence-electron chi connectivity index (χ1n) is 9.54. The highest BCUT2D eigenvalue weighted by molar-refractivity contribution is 5.98. The fraction of sp³-hybridized carbons (Fsp3) is 0.167. The van der Waals surface area contributed by atoms with Gasteiger partial charge in [-0.25, -0.2) is 4.79 Å². The van der Waals surface area contributed by atoms with Crippen LogP contribution in [0.1, 0.15) is 34.5 Å². The van der Waals surface area contributed by atoms with Crippen molar-refractivity contribution in [2.24, 2.45) is 0 Å². The standard InChI is InChI=1S/C24H25N3O2/c1-4-14-25-24(29)27-19-13-12-16(2)22(15-19)23(28)26-17(3)20-11-7-9-18-8-5-6-10-21(18)20/h4-13,15,17H,1,14H2,2-3H3,(H,26,28)(H2,25,27,29)/t17-/m1/s1. The Morgan fingerprint density at radius 1 is 1.07 bits per heavy atom. The Kier molecular flexibility index (Phi) is 6.29. The number of aryl methyl sites for hydroxylation is 1. The number of anilines is 1. The summed E-state index contributed by atoms with van der Waals surface area (Å²) < 4.78 is 0. The van der Waals surface area contributed by atoms with Crippen LogP contribution in [0, 0.1) is 6.92 Å². The van der Waals surface area contributed by atoms with Crippen LogP contribution in [0.15, 0.2) is 73.3 Å². The van der Waals surface area contributed by atoms with Gasteiger partial charge in [-0.05, 0) is 47.9 Å². The summed E-state index contributed by atoms with van der Waals surface area (Å²) >= 11 is 0. The Labute approximate surface area is 170 Å². The summed E-state index contributed by atoms with van der Waals surface area (Å²) in [5.74, 6) is -0.182. The summed E-state index contributed by atoms with van der Waals surface area (Å²) in [5.41, 5.74) is 2.98. The van der Waals surface area contributed by atoms with E-state index < -0.39 is 0 Å². The maximum Gasteiger partial charge on any atom is 0.319 e. The minimum atomic E-state index is -0.343. The van der Waals surface area contributed by atoms with Crippen molar-refractivity contribution in [3.8, 4) is 0 Å². The summed E-state index contributed by atoms with van der Waals surface area (Å²) in [6.45, 7) is 7.78. The number of amides is 3. The monoisotopic (exact) mass is 387 g/mol. The van der Waals surface area contributed by atoms with E-state index >= 15 is 0 Å². The number of carbonyl (C=O) groups excluding carboxylic acids is 2. The van der Waals surface area contributed by atoms with Gasteiger partial charge < -0.3 is 16.0 Å². The lowest BCUT2D eigenvalue weighted by Crippen LogP contribution is -2.29. The minimum absolute atomic E-state index is 0.166. The lowest BCUT2D eigenvalue weighted by molar-refractivity contribution is 0.0939. The summed E-state index contributed by atoms with van der Waals surface area (Å²) in [6, 6.07) is 19.0. The molecule has 3 rings (SSSR count). The number of benzene rings is 3. The zero-order valence-electron chi connectivity index (χ0n) is 16.7. The molecular formula is C24H25N3O2. The lowest BCUT2D eigenvalue weighted by atomic mass is 9.99. The molecule has 0 bridgehead atoms. The molecule has 148 valence electrons. The van der Waals surface area contributed by atoms with E-state index in [0.29, 0.717) is 17.8 Å². The molecular weight excluding hydrogens is 362 g/mol. The van der Waals surface area contributed by atoms with Crippen LogP contribution in [0.25, 0.3) is 10.8 Å². The smallest absolute Gasteiger partial charge is 0.319 e. The van der Waals surface area contributed by atoms with Crippen LogP contribution in [-0.4, -0.2) is 18.5 Å². The molecule has 0 saturated carbocycles. The fourth-order valence-electron chi connectivity index (χ4n) is 3.26. The first-order valence-corrected chi connectivity index (χ1v) is 9.54. The number of nitrogens with one attached hydrogen (secondary N) is 3. The molecule has 0 unspecified atom stereocenters. The van der Waals surface area contributed by atoms with Crippen LogP contribution < -0.4 is 16.0 Å². The predicted molar refractivity (Wildman–Crippen MR) is 118 cm³/mol. The van der Waals surface area contributed by atoms with Crippen molar-refractivity contribution in [2.45, 2.75) is 19.9 Å². The van der Waals surface area contributed by atoms with Gasteiger partial charge in [0.05, 0.1) is 6.04 Å². The quantitative estimate of drug-likeness (QED) is 0.524. The van der Waals surface area contributed by atoms with Crippen molar-refractivity contribution in [3.63, 3.8) is 0 Å². The molecule has 3 aromatic carbocycles. The largest absolute Gasteiger partial charge is 0.345 e. The van der Waals surface area contributed by atoms with E-state index in [-0.39, 0.29) is 18.0 Å². The highest BCUT2D eigenvalue weighted by Gasteiger charge is 2.16. The van der Waals surface area contributed by atoms with E-state index in [1.54, 1.807) is 18.2 Å². The number of rotatable bonds is 6. The zero-order chi connectivity index (χ0) is 20.8. The molecule has 3 aromatic rings. The van der Waals surface area contributed by atoms with Gasteiger partial charge >= 0.3 is 6.03 Å². The van der Waals surface area contributed by atoms with Gasteiger partial charge in [0.15, 0.2) is 0 Å². The molecule has 3 N–H and O–H groups in total. The SMILES string of the molecule is C=CCNC(=O)Nc1ccc(C)c(C(=O)N[C@H](C)c2cccc3ccccc23)c1. The highest BCUT2D eigenvalue weighted by atomic mass is 16.2. The molecule has 0 aromatic heterocycles. The fourth-order valence-corrected chi connectivity index (χ4v) is 3.26. The maximum absolute atomic E-state index is 12.9. The molecule has 0 radical (unpaired) electrons.